The van der Waals surface area contributed by atoms with Crippen LogP contribution in [0, 0.1) is 12.8 Å². The number of aryl methyl sites for hydroxylation is 1. The highest BCUT2D eigenvalue weighted by Gasteiger charge is 2.31. The number of benzene rings is 1. The number of hydrogen-bond donors (Lipinski definition) is 0. The fraction of sp³-hybridized carbons (Fsp3) is 0.500. The highest BCUT2D eigenvalue weighted by molar-refractivity contribution is 6.00. The summed E-state index contributed by atoms with van der Waals surface area (Å²) in [4.78, 5) is 12.0. The van der Waals surface area contributed by atoms with E-state index in [1.54, 1.807) is 0 Å². The molecule has 0 heterocycles. The Morgan fingerprint density at radius 3 is 2.53 bits per heavy atom. The first kappa shape index (κ1) is 10.4. The van der Waals surface area contributed by atoms with Crippen LogP contribution < -0.4 is 0 Å². The predicted octanol–water partition coefficient (Wildman–Crippen LogP) is 3.71. The van der Waals surface area contributed by atoms with Gasteiger partial charge < -0.3 is 0 Å². The zero-order valence-electron chi connectivity index (χ0n) is 9.71. The second-order valence-corrected chi connectivity index (χ2v) is 4.87. The second kappa shape index (κ2) is 3.80. The number of rotatable bonds is 3. The van der Waals surface area contributed by atoms with E-state index in [0.29, 0.717) is 17.6 Å². The van der Waals surface area contributed by atoms with Crippen LogP contribution in [-0.4, -0.2) is 5.78 Å². The molecule has 2 rings (SSSR count). The standard InChI is InChI=1S/C14H18O/c1-9(2)12-5-4-10(3)13(8-12)14(15)11-6-7-11/h4-5,8-9,11H,6-7H2,1-3H3. The number of carbonyl (C=O) groups excluding carboxylic acids is 1. The van der Waals surface area contributed by atoms with Crippen LogP contribution in [0.15, 0.2) is 18.2 Å². The lowest BCUT2D eigenvalue weighted by molar-refractivity contribution is 0.0967. The first-order chi connectivity index (χ1) is 7.09. The van der Waals surface area contributed by atoms with Crippen molar-refractivity contribution in [2.75, 3.05) is 0 Å². The average molecular weight is 202 g/mol. The molecule has 0 N–H and O–H groups in total. The minimum Gasteiger partial charge on any atom is -0.294 e. The molecule has 1 aliphatic rings. The van der Waals surface area contributed by atoms with E-state index in [2.05, 4.69) is 32.0 Å². The fourth-order valence-electron chi connectivity index (χ4n) is 1.83. The van der Waals surface area contributed by atoms with Crippen molar-refractivity contribution in [2.24, 2.45) is 5.92 Å². The lowest BCUT2D eigenvalue weighted by Crippen LogP contribution is -2.05. The van der Waals surface area contributed by atoms with E-state index in [0.717, 1.165) is 24.0 Å². The van der Waals surface area contributed by atoms with Gasteiger partial charge in [0.25, 0.3) is 0 Å². The molecule has 1 aromatic rings. The molecule has 80 valence electrons. The topological polar surface area (TPSA) is 17.1 Å². The van der Waals surface area contributed by atoms with Crippen LogP contribution in [0.25, 0.3) is 0 Å². The Kier molecular flexibility index (Phi) is 2.64. The molecule has 0 saturated heterocycles. The normalized spacial score (nSPS) is 15.7. The summed E-state index contributed by atoms with van der Waals surface area (Å²) in [6.45, 7) is 6.35. The van der Waals surface area contributed by atoms with Gasteiger partial charge in [-0.1, -0.05) is 26.0 Å². The lowest BCUT2D eigenvalue weighted by Gasteiger charge is -2.10. The second-order valence-electron chi connectivity index (χ2n) is 4.87. The van der Waals surface area contributed by atoms with Crippen molar-refractivity contribution in [3.63, 3.8) is 0 Å². The molecular weight excluding hydrogens is 184 g/mol. The summed E-state index contributed by atoms with van der Waals surface area (Å²) in [5, 5.41) is 0. The van der Waals surface area contributed by atoms with Crippen molar-refractivity contribution in [3.8, 4) is 0 Å². The summed E-state index contributed by atoms with van der Waals surface area (Å²) in [5.41, 5.74) is 3.34. The largest absolute Gasteiger partial charge is 0.294 e. The van der Waals surface area contributed by atoms with Gasteiger partial charge in [-0.3, -0.25) is 4.79 Å². The fourth-order valence-corrected chi connectivity index (χ4v) is 1.83. The van der Waals surface area contributed by atoms with Crippen LogP contribution >= 0.6 is 0 Å². The van der Waals surface area contributed by atoms with E-state index in [1.165, 1.54) is 5.56 Å². The lowest BCUT2D eigenvalue weighted by atomic mass is 9.94. The molecular formula is C14H18O. The molecule has 0 bridgehead atoms. The van der Waals surface area contributed by atoms with Gasteiger partial charge in [-0.2, -0.15) is 0 Å². The molecule has 0 aromatic heterocycles. The van der Waals surface area contributed by atoms with Crippen LogP contribution in [0.3, 0.4) is 0 Å². The molecule has 0 atom stereocenters. The molecule has 0 amide bonds. The maximum atomic E-state index is 12.0. The Morgan fingerprint density at radius 1 is 1.33 bits per heavy atom. The van der Waals surface area contributed by atoms with Crippen molar-refractivity contribution in [1.29, 1.82) is 0 Å². The highest BCUT2D eigenvalue weighted by atomic mass is 16.1. The first-order valence-electron chi connectivity index (χ1n) is 5.74. The SMILES string of the molecule is Cc1ccc(C(C)C)cc1C(=O)C1CC1. The van der Waals surface area contributed by atoms with Crippen LogP contribution in [0.4, 0.5) is 0 Å². The van der Waals surface area contributed by atoms with E-state index in [9.17, 15) is 4.79 Å². The Labute approximate surface area is 91.5 Å². The molecule has 1 aromatic carbocycles. The molecule has 1 heteroatoms. The van der Waals surface area contributed by atoms with Gasteiger partial charge in [0.15, 0.2) is 5.78 Å². The molecule has 0 radical (unpaired) electrons. The number of carbonyl (C=O) groups is 1. The average Bonchev–Trinajstić information content (AvgIpc) is 3.00. The Bertz CT molecular complexity index is 386. The van der Waals surface area contributed by atoms with Crippen LogP contribution in [0.1, 0.15) is 54.1 Å². The maximum Gasteiger partial charge on any atom is 0.166 e. The zero-order valence-corrected chi connectivity index (χ0v) is 9.71. The molecule has 1 saturated carbocycles. The monoisotopic (exact) mass is 202 g/mol. The van der Waals surface area contributed by atoms with Gasteiger partial charge in [0.05, 0.1) is 0 Å². The van der Waals surface area contributed by atoms with E-state index >= 15 is 0 Å². The third-order valence-electron chi connectivity index (χ3n) is 3.14. The molecule has 0 unspecified atom stereocenters. The molecule has 1 fully saturated rings. The van der Waals surface area contributed by atoms with Crippen molar-refractivity contribution in [3.05, 3.63) is 34.9 Å². The summed E-state index contributed by atoms with van der Waals surface area (Å²) in [6.07, 6.45) is 2.17. The number of Topliss-reactive ketones (excluding diaryl/α,β-unsaturated/α-hetero) is 1. The van der Waals surface area contributed by atoms with Gasteiger partial charge in [0.1, 0.15) is 0 Å². The Hall–Kier alpha value is -1.11. The molecule has 15 heavy (non-hydrogen) atoms. The Morgan fingerprint density at radius 2 is 2.00 bits per heavy atom. The van der Waals surface area contributed by atoms with Crippen molar-refractivity contribution < 1.29 is 4.79 Å². The zero-order chi connectivity index (χ0) is 11.0. The molecule has 1 aliphatic carbocycles. The summed E-state index contributed by atoms with van der Waals surface area (Å²) in [5.74, 6) is 1.18. The van der Waals surface area contributed by atoms with Gasteiger partial charge in [-0.15, -0.1) is 0 Å². The van der Waals surface area contributed by atoms with Gasteiger partial charge >= 0.3 is 0 Å². The van der Waals surface area contributed by atoms with E-state index in [4.69, 9.17) is 0 Å². The minimum atomic E-state index is 0.325. The maximum absolute atomic E-state index is 12.0. The third kappa shape index (κ3) is 2.11. The van der Waals surface area contributed by atoms with Crippen molar-refractivity contribution in [1.82, 2.24) is 0 Å². The number of ketones is 1. The molecule has 0 spiro atoms. The smallest absolute Gasteiger partial charge is 0.166 e. The first-order valence-corrected chi connectivity index (χ1v) is 5.74. The summed E-state index contributed by atoms with van der Waals surface area (Å²) >= 11 is 0. The van der Waals surface area contributed by atoms with Crippen molar-refractivity contribution >= 4 is 5.78 Å². The molecule has 0 aliphatic heterocycles. The van der Waals surface area contributed by atoms with Gasteiger partial charge in [0, 0.05) is 11.5 Å². The number of hydrogen-bond acceptors (Lipinski definition) is 1. The highest BCUT2D eigenvalue weighted by Crippen LogP contribution is 2.34. The summed E-state index contributed by atoms with van der Waals surface area (Å²) < 4.78 is 0. The van der Waals surface area contributed by atoms with Crippen molar-refractivity contribution in [2.45, 2.75) is 39.5 Å². The van der Waals surface area contributed by atoms with Gasteiger partial charge in [0.2, 0.25) is 0 Å². The molecule has 1 nitrogen and oxygen atoms in total. The van der Waals surface area contributed by atoms with E-state index in [1.807, 2.05) is 6.92 Å². The predicted molar refractivity (Wildman–Crippen MR) is 62.3 cm³/mol. The summed E-state index contributed by atoms with van der Waals surface area (Å²) in [7, 11) is 0. The van der Waals surface area contributed by atoms with Gasteiger partial charge in [-0.05, 0) is 42.9 Å². The van der Waals surface area contributed by atoms with Crippen LogP contribution in [0.2, 0.25) is 0 Å². The van der Waals surface area contributed by atoms with Crippen LogP contribution in [-0.2, 0) is 0 Å². The van der Waals surface area contributed by atoms with E-state index in [-0.39, 0.29) is 0 Å². The van der Waals surface area contributed by atoms with Gasteiger partial charge in [-0.25, -0.2) is 0 Å². The Balaban J connectivity index is 2.35. The van der Waals surface area contributed by atoms with Crippen LogP contribution in [0.5, 0.6) is 0 Å². The minimum absolute atomic E-state index is 0.325. The van der Waals surface area contributed by atoms with E-state index < -0.39 is 0 Å². The summed E-state index contributed by atoms with van der Waals surface area (Å²) in [6, 6.07) is 6.29. The quantitative estimate of drug-likeness (QED) is 0.683. The third-order valence-corrected chi connectivity index (χ3v) is 3.14.